The average Bonchev–Trinajstić information content (AvgIpc) is 2.95. The molecule has 0 aliphatic rings. The highest BCUT2D eigenvalue weighted by Crippen LogP contribution is 2.28. The summed E-state index contributed by atoms with van der Waals surface area (Å²) in [6.45, 7) is 3.87. The molecule has 4 nitrogen and oxygen atoms in total. The van der Waals surface area contributed by atoms with Crippen molar-refractivity contribution in [1.29, 1.82) is 5.26 Å². The smallest absolute Gasteiger partial charge is 0.266 e. The van der Waals surface area contributed by atoms with Gasteiger partial charge < -0.3 is 9.88 Å². The molecule has 0 aliphatic carbocycles. The third-order valence-corrected chi connectivity index (χ3v) is 5.79. The third-order valence-electron chi connectivity index (χ3n) is 4.38. The summed E-state index contributed by atoms with van der Waals surface area (Å²) in [7, 11) is 0. The van der Waals surface area contributed by atoms with Crippen molar-refractivity contribution in [3.05, 3.63) is 84.7 Å². The van der Waals surface area contributed by atoms with Crippen LogP contribution in [-0.2, 0) is 4.79 Å². The van der Waals surface area contributed by atoms with Crippen molar-refractivity contribution in [2.75, 3.05) is 5.32 Å². The fourth-order valence-electron chi connectivity index (χ4n) is 3.02. The van der Waals surface area contributed by atoms with E-state index in [0.29, 0.717) is 15.7 Å². The number of aromatic nitrogens is 1. The number of carbonyl (C=O) groups is 1. The molecule has 0 fully saturated rings. The molecule has 0 saturated carbocycles. The highest BCUT2D eigenvalue weighted by Gasteiger charge is 2.14. The maximum Gasteiger partial charge on any atom is 0.266 e. The SMILES string of the molecule is Cc1cc(/C=C(\C#N)C(=O)Nc2cccc(I)c2)c(C)n1-c1ccc(Cl)c(Cl)c1. The van der Waals surface area contributed by atoms with Crippen LogP contribution in [0.2, 0.25) is 10.0 Å². The first-order chi connectivity index (χ1) is 13.8. The third kappa shape index (κ3) is 4.84. The van der Waals surface area contributed by atoms with Crippen molar-refractivity contribution >= 4 is 63.5 Å². The van der Waals surface area contributed by atoms with Gasteiger partial charge in [-0.05, 0) is 90.5 Å². The minimum atomic E-state index is -0.450. The molecule has 3 rings (SSSR count). The number of rotatable bonds is 4. The van der Waals surface area contributed by atoms with Crippen LogP contribution in [0.25, 0.3) is 11.8 Å². The van der Waals surface area contributed by atoms with E-state index < -0.39 is 5.91 Å². The molecule has 1 N–H and O–H groups in total. The molecule has 1 aromatic heterocycles. The van der Waals surface area contributed by atoms with Gasteiger partial charge in [0.05, 0.1) is 10.0 Å². The minimum absolute atomic E-state index is 0.0262. The van der Waals surface area contributed by atoms with E-state index >= 15 is 0 Å². The Bertz CT molecular complexity index is 1180. The van der Waals surface area contributed by atoms with Crippen LogP contribution >= 0.6 is 45.8 Å². The molecule has 1 heterocycles. The summed E-state index contributed by atoms with van der Waals surface area (Å²) in [5, 5.41) is 13.2. The van der Waals surface area contributed by atoms with E-state index in [1.165, 1.54) is 0 Å². The van der Waals surface area contributed by atoms with Crippen LogP contribution in [0, 0.1) is 28.7 Å². The Hall–Kier alpha value is -2.27. The number of benzene rings is 2. The quantitative estimate of drug-likeness (QED) is 0.234. The number of hydrogen-bond donors (Lipinski definition) is 1. The van der Waals surface area contributed by atoms with Gasteiger partial charge in [-0.25, -0.2) is 0 Å². The average molecular weight is 536 g/mol. The molecule has 0 radical (unpaired) electrons. The van der Waals surface area contributed by atoms with E-state index in [4.69, 9.17) is 23.2 Å². The molecule has 7 heteroatoms. The molecule has 2 aromatic carbocycles. The Morgan fingerprint density at radius 1 is 1.14 bits per heavy atom. The predicted molar refractivity (Wildman–Crippen MR) is 127 cm³/mol. The lowest BCUT2D eigenvalue weighted by Gasteiger charge is -2.10. The number of nitrogens with zero attached hydrogens (tertiary/aromatic N) is 2. The van der Waals surface area contributed by atoms with Crippen molar-refractivity contribution in [2.45, 2.75) is 13.8 Å². The van der Waals surface area contributed by atoms with Crippen LogP contribution in [0.1, 0.15) is 17.0 Å². The van der Waals surface area contributed by atoms with Gasteiger partial charge in [-0.1, -0.05) is 29.3 Å². The Morgan fingerprint density at radius 2 is 1.90 bits per heavy atom. The van der Waals surface area contributed by atoms with Gasteiger partial charge in [-0.2, -0.15) is 5.26 Å². The molecule has 146 valence electrons. The summed E-state index contributed by atoms with van der Waals surface area (Å²) in [6.07, 6.45) is 1.60. The van der Waals surface area contributed by atoms with Crippen molar-refractivity contribution < 1.29 is 4.79 Å². The van der Waals surface area contributed by atoms with Crippen molar-refractivity contribution in [3.63, 3.8) is 0 Å². The van der Waals surface area contributed by atoms with Gasteiger partial charge in [0.1, 0.15) is 11.6 Å². The van der Waals surface area contributed by atoms with E-state index in [9.17, 15) is 10.1 Å². The predicted octanol–water partition coefficient (Wildman–Crippen LogP) is 6.55. The van der Waals surface area contributed by atoms with Gasteiger partial charge in [0.15, 0.2) is 0 Å². The fraction of sp³-hybridized carbons (Fsp3) is 0.0909. The van der Waals surface area contributed by atoms with E-state index in [1.807, 2.05) is 54.8 Å². The fourth-order valence-corrected chi connectivity index (χ4v) is 3.86. The van der Waals surface area contributed by atoms with Crippen LogP contribution in [0.4, 0.5) is 5.69 Å². The zero-order valence-corrected chi connectivity index (χ0v) is 19.3. The summed E-state index contributed by atoms with van der Waals surface area (Å²) in [5.74, 6) is -0.450. The van der Waals surface area contributed by atoms with Crippen molar-refractivity contribution in [3.8, 4) is 11.8 Å². The number of aryl methyl sites for hydroxylation is 1. The standard InChI is InChI=1S/C22H16Cl2IN3O/c1-13-8-15(14(2)28(13)19-6-7-20(23)21(24)11-19)9-16(12-26)22(29)27-18-5-3-4-17(25)10-18/h3-11H,1-2H3,(H,27,29)/b16-9+. The normalized spacial score (nSPS) is 11.2. The minimum Gasteiger partial charge on any atom is -0.321 e. The van der Waals surface area contributed by atoms with Gasteiger partial charge in [0.25, 0.3) is 5.91 Å². The van der Waals surface area contributed by atoms with Crippen molar-refractivity contribution in [1.82, 2.24) is 4.57 Å². The molecule has 0 saturated heterocycles. The maximum absolute atomic E-state index is 12.6. The molecule has 0 unspecified atom stereocenters. The molecular weight excluding hydrogens is 520 g/mol. The molecule has 0 bridgehead atoms. The van der Waals surface area contributed by atoms with E-state index in [-0.39, 0.29) is 5.57 Å². The number of halogens is 3. The van der Waals surface area contributed by atoms with Crippen LogP contribution < -0.4 is 5.32 Å². The highest BCUT2D eigenvalue weighted by atomic mass is 127. The molecular formula is C22H16Cl2IN3O. The summed E-state index contributed by atoms with van der Waals surface area (Å²) in [5.41, 5.74) is 4.14. The molecule has 0 aliphatic heterocycles. The van der Waals surface area contributed by atoms with Crippen LogP contribution in [-0.4, -0.2) is 10.5 Å². The summed E-state index contributed by atoms with van der Waals surface area (Å²) in [4.78, 5) is 12.6. The monoisotopic (exact) mass is 535 g/mol. The molecule has 3 aromatic rings. The summed E-state index contributed by atoms with van der Waals surface area (Å²) in [6, 6.07) is 16.7. The summed E-state index contributed by atoms with van der Waals surface area (Å²) >= 11 is 14.3. The maximum atomic E-state index is 12.6. The number of nitriles is 1. The van der Waals surface area contributed by atoms with Gasteiger partial charge in [-0.15, -0.1) is 0 Å². The molecule has 1 amide bonds. The lowest BCUT2D eigenvalue weighted by molar-refractivity contribution is -0.112. The van der Waals surface area contributed by atoms with E-state index in [0.717, 1.165) is 26.2 Å². The second-order valence-electron chi connectivity index (χ2n) is 6.39. The lowest BCUT2D eigenvalue weighted by atomic mass is 10.1. The first-order valence-electron chi connectivity index (χ1n) is 8.63. The number of amides is 1. The molecule has 0 atom stereocenters. The number of anilines is 1. The summed E-state index contributed by atoms with van der Waals surface area (Å²) < 4.78 is 2.99. The molecule has 0 spiro atoms. The molecule has 29 heavy (non-hydrogen) atoms. The zero-order chi connectivity index (χ0) is 21.1. The Kier molecular flexibility index (Phi) is 6.68. The highest BCUT2D eigenvalue weighted by molar-refractivity contribution is 14.1. The van der Waals surface area contributed by atoms with Gasteiger partial charge in [-0.3, -0.25) is 4.79 Å². The van der Waals surface area contributed by atoms with E-state index in [1.54, 1.807) is 24.3 Å². The number of nitrogens with one attached hydrogen (secondary N) is 1. The Morgan fingerprint density at radius 3 is 2.55 bits per heavy atom. The van der Waals surface area contributed by atoms with Gasteiger partial charge in [0.2, 0.25) is 0 Å². The largest absolute Gasteiger partial charge is 0.321 e. The van der Waals surface area contributed by atoms with Crippen molar-refractivity contribution in [2.24, 2.45) is 0 Å². The topological polar surface area (TPSA) is 57.8 Å². The van der Waals surface area contributed by atoms with Gasteiger partial charge >= 0.3 is 0 Å². The van der Waals surface area contributed by atoms with Crippen LogP contribution in [0.5, 0.6) is 0 Å². The second-order valence-corrected chi connectivity index (χ2v) is 8.45. The lowest BCUT2D eigenvalue weighted by Crippen LogP contribution is -2.13. The second kappa shape index (κ2) is 9.04. The van der Waals surface area contributed by atoms with Crippen LogP contribution in [0.3, 0.4) is 0 Å². The first-order valence-corrected chi connectivity index (χ1v) is 10.5. The number of carbonyl (C=O) groups excluding carboxylic acids is 1. The Labute approximate surface area is 192 Å². The zero-order valence-electron chi connectivity index (χ0n) is 15.6. The Balaban J connectivity index is 1.95. The van der Waals surface area contributed by atoms with Gasteiger partial charge in [0, 0.05) is 26.3 Å². The van der Waals surface area contributed by atoms with E-state index in [2.05, 4.69) is 27.9 Å². The number of hydrogen-bond acceptors (Lipinski definition) is 2. The van der Waals surface area contributed by atoms with Crippen LogP contribution in [0.15, 0.2) is 54.1 Å². The first kappa shape index (κ1) is 21.4.